The number of carboxylic acids is 1. The van der Waals surface area contributed by atoms with E-state index in [4.69, 9.17) is 0 Å². The lowest BCUT2D eigenvalue weighted by atomic mass is 9.89. The summed E-state index contributed by atoms with van der Waals surface area (Å²) in [6.45, 7) is 0.800. The number of hydrogen-bond donors (Lipinski definition) is 2. The van der Waals surface area contributed by atoms with Crippen molar-refractivity contribution in [1.29, 1.82) is 0 Å². The molecular formula is C14H15NO2S. The van der Waals surface area contributed by atoms with Crippen molar-refractivity contribution in [3.63, 3.8) is 0 Å². The first kappa shape index (κ1) is 11.7. The molecule has 0 amide bonds. The fourth-order valence-corrected chi connectivity index (χ4v) is 3.67. The molecule has 1 aromatic heterocycles. The number of hydrogen-bond acceptors (Lipinski definition) is 3. The summed E-state index contributed by atoms with van der Waals surface area (Å²) >= 11 is 1.69. The third-order valence-electron chi connectivity index (χ3n) is 3.71. The van der Waals surface area contributed by atoms with Crippen LogP contribution < -0.4 is 5.32 Å². The summed E-state index contributed by atoms with van der Waals surface area (Å²) < 4.78 is 1.23. The van der Waals surface area contributed by atoms with Gasteiger partial charge in [0.15, 0.2) is 0 Å². The maximum Gasteiger partial charge on any atom is 0.324 e. The van der Waals surface area contributed by atoms with Gasteiger partial charge in [-0.1, -0.05) is 18.2 Å². The molecule has 3 nitrogen and oxygen atoms in total. The fraction of sp³-hybridized carbons (Fsp3) is 0.357. The summed E-state index contributed by atoms with van der Waals surface area (Å²) in [5, 5.41) is 15.9. The Hall–Kier alpha value is -1.39. The second kappa shape index (κ2) is 4.37. The van der Waals surface area contributed by atoms with E-state index in [2.05, 4.69) is 22.8 Å². The predicted molar refractivity (Wildman–Crippen MR) is 73.1 cm³/mol. The molecule has 18 heavy (non-hydrogen) atoms. The lowest BCUT2D eigenvalue weighted by Crippen LogP contribution is -2.49. The zero-order chi connectivity index (χ0) is 12.6. The Bertz CT molecular complexity index is 584. The van der Waals surface area contributed by atoms with E-state index in [0.29, 0.717) is 12.8 Å². The van der Waals surface area contributed by atoms with Gasteiger partial charge in [0.25, 0.3) is 0 Å². The minimum atomic E-state index is -0.760. The molecule has 0 unspecified atom stereocenters. The Morgan fingerprint density at radius 3 is 3.00 bits per heavy atom. The van der Waals surface area contributed by atoms with Gasteiger partial charge in [0.2, 0.25) is 0 Å². The van der Waals surface area contributed by atoms with Crippen molar-refractivity contribution in [2.75, 3.05) is 6.54 Å². The SMILES string of the molecule is O=C(O)[C@]1(Cc2csc3ccccc23)CCCN1. The Labute approximate surface area is 109 Å². The predicted octanol–water partition coefficient (Wildman–Crippen LogP) is 2.65. The standard InChI is InChI=1S/C14H15NO2S/c16-13(17)14(6-3-7-15-14)8-10-9-18-12-5-2-1-4-11(10)12/h1-2,4-5,9,15H,3,6-8H2,(H,16,17)/t14-/m1/s1. The van der Waals surface area contributed by atoms with Gasteiger partial charge in [-0.3, -0.25) is 4.79 Å². The van der Waals surface area contributed by atoms with E-state index in [1.807, 2.05) is 12.1 Å². The molecule has 1 atom stereocenters. The van der Waals surface area contributed by atoms with E-state index < -0.39 is 11.5 Å². The summed E-state index contributed by atoms with van der Waals surface area (Å²) in [5.41, 5.74) is 0.386. The molecule has 0 aliphatic carbocycles. The highest BCUT2D eigenvalue weighted by Gasteiger charge is 2.41. The van der Waals surface area contributed by atoms with Crippen LogP contribution in [0.3, 0.4) is 0 Å². The minimum Gasteiger partial charge on any atom is -0.480 e. The fourth-order valence-electron chi connectivity index (χ4n) is 2.71. The zero-order valence-electron chi connectivity index (χ0n) is 9.98. The molecule has 1 aliphatic heterocycles. The van der Waals surface area contributed by atoms with Gasteiger partial charge in [-0.25, -0.2) is 0 Å². The van der Waals surface area contributed by atoms with Crippen molar-refractivity contribution < 1.29 is 9.90 Å². The van der Waals surface area contributed by atoms with Crippen LogP contribution in [0, 0.1) is 0 Å². The summed E-state index contributed by atoms with van der Waals surface area (Å²) in [5.74, 6) is -0.727. The molecule has 1 saturated heterocycles. The average molecular weight is 261 g/mol. The highest BCUT2D eigenvalue weighted by Crippen LogP contribution is 2.31. The van der Waals surface area contributed by atoms with Gasteiger partial charge in [-0.15, -0.1) is 11.3 Å². The number of thiophene rings is 1. The van der Waals surface area contributed by atoms with Crippen molar-refractivity contribution in [3.8, 4) is 0 Å². The van der Waals surface area contributed by atoms with Gasteiger partial charge >= 0.3 is 5.97 Å². The van der Waals surface area contributed by atoms with Crippen molar-refractivity contribution in [2.45, 2.75) is 24.8 Å². The quantitative estimate of drug-likeness (QED) is 0.893. The van der Waals surface area contributed by atoms with Crippen molar-refractivity contribution in [3.05, 3.63) is 35.2 Å². The van der Waals surface area contributed by atoms with E-state index in [1.165, 1.54) is 10.1 Å². The number of nitrogens with one attached hydrogen (secondary N) is 1. The van der Waals surface area contributed by atoms with Crippen LogP contribution in [0.15, 0.2) is 29.6 Å². The molecule has 94 valence electrons. The number of carbonyl (C=O) groups is 1. The molecule has 1 fully saturated rings. The molecule has 3 rings (SSSR count). The summed E-state index contributed by atoms with van der Waals surface area (Å²) in [7, 11) is 0. The van der Waals surface area contributed by atoms with Gasteiger partial charge in [-0.2, -0.15) is 0 Å². The molecule has 0 bridgehead atoms. The Balaban J connectivity index is 1.98. The van der Waals surface area contributed by atoms with Crippen LogP contribution in [0.1, 0.15) is 18.4 Å². The van der Waals surface area contributed by atoms with Crippen LogP contribution in [-0.4, -0.2) is 23.2 Å². The molecule has 4 heteroatoms. The minimum absolute atomic E-state index is 0.576. The maximum atomic E-state index is 11.5. The topological polar surface area (TPSA) is 49.3 Å². The van der Waals surface area contributed by atoms with Crippen molar-refractivity contribution in [2.24, 2.45) is 0 Å². The molecule has 1 aromatic carbocycles. The molecule has 1 aliphatic rings. The summed E-state index contributed by atoms with van der Waals surface area (Å²) in [4.78, 5) is 11.5. The lowest BCUT2D eigenvalue weighted by Gasteiger charge is -2.24. The molecule has 0 spiro atoms. The van der Waals surface area contributed by atoms with Crippen molar-refractivity contribution >= 4 is 27.4 Å². The Kier molecular flexibility index (Phi) is 2.84. The molecule has 2 heterocycles. The van der Waals surface area contributed by atoms with Gasteiger partial charge < -0.3 is 10.4 Å². The Morgan fingerprint density at radius 2 is 2.28 bits per heavy atom. The van der Waals surface area contributed by atoms with Crippen LogP contribution in [0.25, 0.3) is 10.1 Å². The number of fused-ring (bicyclic) bond motifs is 1. The molecule has 2 aromatic rings. The maximum absolute atomic E-state index is 11.5. The number of aliphatic carboxylic acids is 1. The zero-order valence-corrected chi connectivity index (χ0v) is 10.8. The second-order valence-corrected chi connectivity index (χ2v) is 5.76. The average Bonchev–Trinajstić information content (AvgIpc) is 2.99. The van der Waals surface area contributed by atoms with Crippen LogP contribution in [0.5, 0.6) is 0 Å². The third kappa shape index (κ3) is 1.82. The number of benzene rings is 1. The Morgan fingerprint density at radius 1 is 1.44 bits per heavy atom. The van der Waals surface area contributed by atoms with E-state index in [0.717, 1.165) is 18.5 Å². The highest BCUT2D eigenvalue weighted by atomic mass is 32.1. The normalized spacial score (nSPS) is 23.6. The number of rotatable bonds is 3. The van der Waals surface area contributed by atoms with E-state index in [-0.39, 0.29) is 0 Å². The molecule has 2 N–H and O–H groups in total. The summed E-state index contributed by atoms with van der Waals surface area (Å²) in [6, 6.07) is 8.18. The van der Waals surface area contributed by atoms with E-state index in [9.17, 15) is 9.90 Å². The molecule has 0 saturated carbocycles. The van der Waals surface area contributed by atoms with Gasteiger partial charge in [0, 0.05) is 11.1 Å². The smallest absolute Gasteiger partial charge is 0.324 e. The lowest BCUT2D eigenvalue weighted by molar-refractivity contribution is -0.144. The number of carboxylic acid groups (broad SMARTS) is 1. The van der Waals surface area contributed by atoms with Gasteiger partial charge in [-0.05, 0) is 41.8 Å². The van der Waals surface area contributed by atoms with Gasteiger partial charge in [0.05, 0.1) is 0 Å². The van der Waals surface area contributed by atoms with Crippen LogP contribution in [0.2, 0.25) is 0 Å². The first-order valence-corrected chi connectivity index (χ1v) is 7.03. The molecule has 0 radical (unpaired) electrons. The van der Waals surface area contributed by atoms with Crippen LogP contribution in [-0.2, 0) is 11.2 Å². The first-order valence-electron chi connectivity index (χ1n) is 6.15. The third-order valence-corrected chi connectivity index (χ3v) is 4.72. The molecular weight excluding hydrogens is 246 g/mol. The van der Waals surface area contributed by atoms with E-state index in [1.54, 1.807) is 11.3 Å². The first-order chi connectivity index (χ1) is 8.71. The van der Waals surface area contributed by atoms with Crippen LogP contribution in [0.4, 0.5) is 0 Å². The van der Waals surface area contributed by atoms with Gasteiger partial charge in [0.1, 0.15) is 5.54 Å². The van der Waals surface area contributed by atoms with Crippen LogP contribution >= 0.6 is 11.3 Å². The largest absolute Gasteiger partial charge is 0.480 e. The second-order valence-electron chi connectivity index (χ2n) is 4.85. The van der Waals surface area contributed by atoms with Crippen molar-refractivity contribution in [1.82, 2.24) is 5.32 Å². The van der Waals surface area contributed by atoms with E-state index >= 15 is 0 Å². The highest BCUT2D eigenvalue weighted by molar-refractivity contribution is 7.17. The summed E-state index contributed by atoms with van der Waals surface area (Å²) in [6.07, 6.45) is 2.23. The monoisotopic (exact) mass is 261 g/mol.